The van der Waals surface area contributed by atoms with Crippen molar-refractivity contribution in [2.24, 2.45) is 17.6 Å². The fourth-order valence-electron chi connectivity index (χ4n) is 2.80. The topological polar surface area (TPSA) is 47.7 Å². The second-order valence-electron chi connectivity index (χ2n) is 5.59. The minimum absolute atomic E-state index is 0.689. The first-order chi connectivity index (χ1) is 9.72. The van der Waals surface area contributed by atoms with Crippen LogP contribution in [0, 0.1) is 11.8 Å². The van der Waals surface area contributed by atoms with E-state index in [-0.39, 0.29) is 0 Å². The molecule has 20 heavy (non-hydrogen) atoms. The lowest BCUT2D eigenvalue weighted by molar-refractivity contribution is 0.115. The van der Waals surface area contributed by atoms with E-state index >= 15 is 0 Å². The highest BCUT2D eigenvalue weighted by Crippen LogP contribution is 2.22. The largest absolute Gasteiger partial charge is 0.497 e. The lowest BCUT2D eigenvalue weighted by Crippen LogP contribution is -2.43. The highest BCUT2D eigenvalue weighted by molar-refractivity contribution is 5.31. The van der Waals surface area contributed by atoms with Gasteiger partial charge in [0.2, 0.25) is 0 Å². The monoisotopic (exact) mass is 278 g/mol. The number of hydrogen-bond donors (Lipinski definition) is 1. The van der Waals surface area contributed by atoms with Crippen molar-refractivity contribution in [2.75, 3.05) is 39.9 Å². The van der Waals surface area contributed by atoms with Crippen LogP contribution in [0.4, 0.5) is 0 Å². The van der Waals surface area contributed by atoms with E-state index < -0.39 is 0 Å². The van der Waals surface area contributed by atoms with Crippen LogP contribution in [0.5, 0.6) is 11.5 Å². The molecule has 0 aromatic heterocycles. The Morgan fingerprint density at radius 3 is 2.55 bits per heavy atom. The average Bonchev–Trinajstić information content (AvgIpc) is 2.48. The molecule has 2 atom stereocenters. The summed E-state index contributed by atoms with van der Waals surface area (Å²) in [6.07, 6.45) is 1.21. The molecular formula is C16H26N2O2. The Bertz CT molecular complexity index is 394. The summed E-state index contributed by atoms with van der Waals surface area (Å²) >= 11 is 0. The van der Waals surface area contributed by atoms with Gasteiger partial charge in [-0.25, -0.2) is 0 Å². The van der Waals surface area contributed by atoms with Gasteiger partial charge >= 0.3 is 0 Å². The maximum Gasteiger partial charge on any atom is 0.119 e. The van der Waals surface area contributed by atoms with Crippen molar-refractivity contribution in [2.45, 2.75) is 13.3 Å². The van der Waals surface area contributed by atoms with Crippen molar-refractivity contribution >= 4 is 0 Å². The van der Waals surface area contributed by atoms with Crippen LogP contribution in [-0.2, 0) is 0 Å². The molecule has 2 rings (SSSR count). The Balaban J connectivity index is 1.70. The molecule has 2 unspecified atom stereocenters. The summed E-state index contributed by atoms with van der Waals surface area (Å²) in [5, 5.41) is 0. The SMILES string of the molecule is COc1ccc(OCCN2CCC(CN)C(C)C2)cc1. The van der Waals surface area contributed by atoms with Crippen molar-refractivity contribution in [1.29, 1.82) is 0 Å². The molecule has 2 N–H and O–H groups in total. The van der Waals surface area contributed by atoms with E-state index in [0.717, 1.165) is 44.3 Å². The van der Waals surface area contributed by atoms with E-state index in [2.05, 4.69) is 11.8 Å². The van der Waals surface area contributed by atoms with Gasteiger partial charge in [0.05, 0.1) is 7.11 Å². The van der Waals surface area contributed by atoms with Gasteiger partial charge in [-0.3, -0.25) is 4.90 Å². The number of benzene rings is 1. The second-order valence-corrected chi connectivity index (χ2v) is 5.59. The predicted octanol–water partition coefficient (Wildman–Crippen LogP) is 1.99. The molecule has 4 heteroatoms. The lowest BCUT2D eigenvalue weighted by atomic mass is 9.87. The normalized spacial score (nSPS) is 23.6. The van der Waals surface area contributed by atoms with E-state index in [9.17, 15) is 0 Å². The van der Waals surface area contributed by atoms with Gasteiger partial charge in [0.25, 0.3) is 0 Å². The van der Waals surface area contributed by atoms with Crippen molar-refractivity contribution in [3.05, 3.63) is 24.3 Å². The summed E-state index contributed by atoms with van der Waals surface area (Å²) < 4.78 is 10.9. The van der Waals surface area contributed by atoms with Gasteiger partial charge in [0, 0.05) is 13.1 Å². The molecular weight excluding hydrogens is 252 g/mol. The minimum atomic E-state index is 0.689. The van der Waals surface area contributed by atoms with Crippen LogP contribution in [0.2, 0.25) is 0 Å². The van der Waals surface area contributed by atoms with Gasteiger partial charge in [-0.15, -0.1) is 0 Å². The highest BCUT2D eigenvalue weighted by Gasteiger charge is 2.24. The molecule has 1 saturated heterocycles. The summed E-state index contributed by atoms with van der Waals surface area (Å²) in [4.78, 5) is 2.47. The van der Waals surface area contributed by atoms with E-state index in [4.69, 9.17) is 15.2 Å². The number of hydrogen-bond acceptors (Lipinski definition) is 4. The summed E-state index contributed by atoms with van der Waals surface area (Å²) in [7, 11) is 1.67. The molecule has 1 fully saturated rings. The number of piperidine rings is 1. The van der Waals surface area contributed by atoms with Crippen LogP contribution in [0.15, 0.2) is 24.3 Å². The second kappa shape index (κ2) is 7.50. The van der Waals surface area contributed by atoms with Crippen molar-refractivity contribution in [1.82, 2.24) is 4.90 Å². The number of rotatable bonds is 6. The molecule has 1 aliphatic rings. The van der Waals surface area contributed by atoms with Gasteiger partial charge < -0.3 is 15.2 Å². The first kappa shape index (κ1) is 15.1. The van der Waals surface area contributed by atoms with Gasteiger partial charge in [-0.05, 0) is 55.6 Å². The maximum atomic E-state index is 5.79. The summed E-state index contributed by atoms with van der Waals surface area (Å²) in [6, 6.07) is 7.73. The molecule has 1 aliphatic heterocycles. The van der Waals surface area contributed by atoms with Crippen molar-refractivity contribution in [3.8, 4) is 11.5 Å². The molecule has 0 amide bonds. The van der Waals surface area contributed by atoms with Gasteiger partial charge in [0.15, 0.2) is 0 Å². The quantitative estimate of drug-likeness (QED) is 0.864. The van der Waals surface area contributed by atoms with E-state index in [1.165, 1.54) is 6.42 Å². The molecule has 1 aromatic rings. The average molecular weight is 278 g/mol. The fourth-order valence-corrected chi connectivity index (χ4v) is 2.80. The number of nitrogens with zero attached hydrogens (tertiary/aromatic N) is 1. The van der Waals surface area contributed by atoms with Crippen LogP contribution in [-0.4, -0.2) is 44.8 Å². The minimum Gasteiger partial charge on any atom is -0.497 e. The van der Waals surface area contributed by atoms with Crippen LogP contribution < -0.4 is 15.2 Å². The molecule has 0 spiro atoms. The van der Waals surface area contributed by atoms with Crippen LogP contribution in [0.3, 0.4) is 0 Å². The fraction of sp³-hybridized carbons (Fsp3) is 0.625. The van der Waals surface area contributed by atoms with Gasteiger partial charge in [-0.1, -0.05) is 6.92 Å². The zero-order valence-electron chi connectivity index (χ0n) is 12.5. The third-order valence-corrected chi connectivity index (χ3v) is 4.21. The molecule has 0 radical (unpaired) electrons. The van der Waals surface area contributed by atoms with E-state index in [1.807, 2.05) is 24.3 Å². The molecule has 4 nitrogen and oxygen atoms in total. The van der Waals surface area contributed by atoms with Crippen molar-refractivity contribution in [3.63, 3.8) is 0 Å². The maximum absolute atomic E-state index is 5.79. The third kappa shape index (κ3) is 4.12. The zero-order valence-corrected chi connectivity index (χ0v) is 12.5. The number of methoxy groups -OCH3 is 1. The smallest absolute Gasteiger partial charge is 0.119 e. The Morgan fingerprint density at radius 2 is 1.95 bits per heavy atom. The first-order valence-electron chi connectivity index (χ1n) is 7.42. The molecule has 112 valence electrons. The molecule has 1 heterocycles. The van der Waals surface area contributed by atoms with E-state index in [1.54, 1.807) is 7.11 Å². The summed E-state index contributed by atoms with van der Waals surface area (Å²) in [6.45, 7) is 7.09. The highest BCUT2D eigenvalue weighted by atomic mass is 16.5. The Hall–Kier alpha value is -1.26. The van der Waals surface area contributed by atoms with Crippen LogP contribution >= 0.6 is 0 Å². The molecule has 0 aliphatic carbocycles. The standard InChI is InChI=1S/C16H26N2O2/c1-13-12-18(8-7-14(13)11-17)9-10-20-16-5-3-15(19-2)4-6-16/h3-6,13-14H,7-12,17H2,1-2H3. The predicted molar refractivity (Wildman–Crippen MR) is 81.3 cm³/mol. The van der Waals surface area contributed by atoms with E-state index in [0.29, 0.717) is 11.8 Å². The molecule has 0 saturated carbocycles. The van der Waals surface area contributed by atoms with Crippen molar-refractivity contribution < 1.29 is 9.47 Å². The third-order valence-electron chi connectivity index (χ3n) is 4.21. The Kier molecular flexibility index (Phi) is 5.68. The number of ether oxygens (including phenoxy) is 2. The first-order valence-corrected chi connectivity index (χ1v) is 7.42. The number of likely N-dealkylation sites (tertiary alicyclic amines) is 1. The summed E-state index contributed by atoms with van der Waals surface area (Å²) in [5.74, 6) is 3.13. The van der Waals surface area contributed by atoms with Gasteiger partial charge in [0.1, 0.15) is 18.1 Å². The van der Waals surface area contributed by atoms with Gasteiger partial charge in [-0.2, -0.15) is 0 Å². The molecule has 1 aromatic carbocycles. The van der Waals surface area contributed by atoms with Crippen LogP contribution in [0.1, 0.15) is 13.3 Å². The van der Waals surface area contributed by atoms with Crippen LogP contribution in [0.25, 0.3) is 0 Å². The zero-order chi connectivity index (χ0) is 14.4. The Labute approximate surface area is 121 Å². The summed E-state index contributed by atoms with van der Waals surface area (Å²) in [5.41, 5.74) is 5.79. The Morgan fingerprint density at radius 1 is 1.25 bits per heavy atom. The lowest BCUT2D eigenvalue weighted by Gasteiger charge is -2.36. The number of nitrogens with two attached hydrogens (primary N) is 1. The molecule has 0 bridgehead atoms.